The van der Waals surface area contributed by atoms with E-state index in [0.717, 1.165) is 26.6 Å². The van der Waals surface area contributed by atoms with Crippen LogP contribution in [0.3, 0.4) is 0 Å². The number of nitrogens with zero attached hydrogens (tertiary/aromatic N) is 2. The number of aryl methyl sites for hydroxylation is 1. The van der Waals surface area contributed by atoms with Crippen LogP contribution in [0, 0.1) is 6.92 Å². The number of hydrogen-bond donors (Lipinski definition) is 0. The maximum absolute atomic E-state index is 4.86. The molecule has 4 heteroatoms. The third kappa shape index (κ3) is 2.54. The minimum atomic E-state index is 1.05. The summed E-state index contributed by atoms with van der Waals surface area (Å²) < 4.78 is 2.43. The summed E-state index contributed by atoms with van der Waals surface area (Å²) in [5.41, 5.74) is 5.67. The van der Waals surface area contributed by atoms with Gasteiger partial charge in [-0.15, -0.1) is 22.7 Å². The average Bonchev–Trinajstić information content (AvgIpc) is 3.25. The smallest absolute Gasteiger partial charge is 0.125 e. The van der Waals surface area contributed by atoms with E-state index in [1.165, 1.54) is 20.5 Å². The molecule has 120 valence electrons. The summed E-state index contributed by atoms with van der Waals surface area (Å²) in [7, 11) is 0. The van der Waals surface area contributed by atoms with Gasteiger partial charge in [0, 0.05) is 11.1 Å². The van der Waals surface area contributed by atoms with Crippen molar-refractivity contribution < 1.29 is 0 Å². The third-order valence-corrected chi connectivity index (χ3v) is 6.36. The van der Waals surface area contributed by atoms with Gasteiger partial charge in [-0.2, -0.15) is 0 Å². The van der Waals surface area contributed by atoms with Crippen molar-refractivity contribution in [1.29, 1.82) is 0 Å². The second-order valence-electron chi connectivity index (χ2n) is 6.02. The zero-order chi connectivity index (χ0) is 16.8. The molecule has 0 saturated carbocycles. The lowest BCUT2D eigenvalue weighted by Gasteiger charge is -2.05. The largest absolute Gasteiger partial charge is 0.236 e. The number of hydrogen-bond acceptors (Lipinski definition) is 4. The van der Waals surface area contributed by atoms with Gasteiger partial charge in [-0.1, -0.05) is 42.0 Å². The van der Waals surface area contributed by atoms with Crippen molar-refractivity contribution in [3.05, 3.63) is 72.3 Å². The first-order chi connectivity index (χ1) is 12.3. The highest BCUT2D eigenvalue weighted by Crippen LogP contribution is 2.39. The van der Waals surface area contributed by atoms with E-state index in [0.29, 0.717) is 0 Å². The molecule has 0 bridgehead atoms. The number of rotatable bonds is 2. The summed E-state index contributed by atoms with van der Waals surface area (Å²) in [4.78, 5) is 9.71. The molecular weight excluding hydrogens is 344 g/mol. The van der Waals surface area contributed by atoms with E-state index >= 15 is 0 Å². The number of benzene rings is 3. The number of aromatic nitrogens is 2. The number of fused-ring (bicyclic) bond motifs is 2. The fourth-order valence-electron chi connectivity index (χ4n) is 3.00. The highest BCUT2D eigenvalue weighted by molar-refractivity contribution is 7.22. The summed E-state index contributed by atoms with van der Waals surface area (Å²) in [6.07, 6.45) is 0. The Morgan fingerprint density at radius 1 is 0.640 bits per heavy atom. The Bertz CT molecular complexity index is 1150. The fourth-order valence-corrected chi connectivity index (χ4v) is 5.00. The van der Waals surface area contributed by atoms with Crippen LogP contribution in [0.5, 0.6) is 0 Å². The predicted octanol–water partition coefficient (Wildman–Crippen LogP) is 6.55. The van der Waals surface area contributed by atoms with Gasteiger partial charge in [-0.3, -0.25) is 0 Å². The summed E-state index contributed by atoms with van der Waals surface area (Å²) in [5.74, 6) is 0. The van der Waals surface area contributed by atoms with E-state index in [1.54, 1.807) is 22.7 Å². The lowest BCUT2D eigenvalue weighted by Crippen LogP contribution is -1.85. The monoisotopic (exact) mass is 358 g/mol. The highest BCUT2D eigenvalue weighted by atomic mass is 32.1. The molecule has 25 heavy (non-hydrogen) atoms. The summed E-state index contributed by atoms with van der Waals surface area (Å²) >= 11 is 3.48. The summed E-state index contributed by atoms with van der Waals surface area (Å²) in [5, 5.41) is 2.11. The normalized spacial score (nSPS) is 11.4. The standard InChI is InChI=1S/C21H14N2S2/c1-13-10-11-14(20-22-16-6-2-4-8-18(16)24-20)15(12-13)21-23-17-7-3-5-9-19(17)25-21/h2-12H,1H3. The zero-order valence-electron chi connectivity index (χ0n) is 13.6. The maximum atomic E-state index is 4.86. The van der Waals surface area contributed by atoms with Crippen molar-refractivity contribution in [2.24, 2.45) is 0 Å². The quantitative estimate of drug-likeness (QED) is 0.358. The third-order valence-electron chi connectivity index (χ3n) is 4.22. The molecule has 0 spiro atoms. The van der Waals surface area contributed by atoms with Gasteiger partial charge in [-0.05, 0) is 37.3 Å². The lowest BCUT2D eigenvalue weighted by molar-refractivity contribution is 1.41. The van der Waals surface area contributed by atoms with Crippen LogP contribution in [0.2, 0.25) is 0 Å². The molecule has 0 unspecified atom stereocenters. The number of thiazole rings is 2. The van der Waals surface area contributed by atoms with Crippen LogP contribution >= 0.6 is 22.7 Å². The van der Waals surface area contributed by atoms with Gasteiger partial charge in [0.1, 0.15) is 10.0 Å². The van der Waals surface area contributed by atoms with Gasteiger partial charge >= 0.3 is 0 Å². The first kappa shape index (κ1) is 14.8. The molecule has 0 atom stereocenters. The van der Waals surface area contributed by atoms with Crippen molar-refractivity contribution in [2.45, 2.75) is 6.92 Å². The van der Waals surface area contributed by atoms with Crippen LogP contribution < -0.4 is 0 Å². The second kappa shape index (κ2) is 5.76. The minimum absolute atomic E-state index is 1.05. The SMILES string of the molecule is Cc1ccc(-c2nc3ccccc3s2)c(-c2nc3ccccc3s2)c1. The van der Waals surface area contributed by atoms with E-state index in [2.05, 4.69) is 61.5 Å². The van der Waals surface area contributed by atoms with Gasteiger partial charge in [0.15, 0.2) is 0 Å². The van der Waals surface area contributed by atoms with Gasteiger partial charge in [0.25, 0.3) is 0 Å². The van der Waals surface area contributed by atoms with E-state index < -0.39 is 0 Å². The fraction of sp³-hybridized carbons (Fsp3) is 0.0476. The molecule has 2 nitrogen and oxygen atoms in total. The van der Waals surface area contributed by atoms with Gasteiger partial charge in [-0.25, -0.2) is 9.97 Å². The van der Waals surface area contributed by atoms with Crippen molar-refractivity contribution in [2.75, 3.05) is 0 Å². The van der Waals surface area contributed by atoms with E-state index in [9.17, 15) is 0 Å². The summed E-state index contributed by atoms with van der Waals surface area (Å²) in [6, 6.07) is 23.1. The molecule has 0 saturated heterocycles. The van der Waals surface area contributed by atoms with Crippen LogP contribution in [-0.2, 0) is 0 Å². The summed E-state index contributed by atoms with van der Waals surface area (Å²) in [6.45, 7) is 2.12. The Balaban J connectivity index is 1.75. The predicted molar refractivity (Wildman–Crippen MR) is 108 cm³/mol. The van der Waals surface area contributed by atoms with Crippen molar-refractivity contribution in [1.82, 2.24) is 9.97 Å². The zero-order valence-corrected chi connectivity index (χ0v) is 15.2. The van der Waals surface area contributed by atoms with Gasteiger partial charge < -0.3 is 0 Å². The van der Waals surface area contributed by atoms with E-state index in [-0.39, 0.29) is 0 Å². The van der Waals surface area contributed by atoms with Gasteiger partial charge in [0.05, 0.1) is 20.4 Å². The van der Waals surface area contributed by atoms with Crippen LogP contribution in [0.4, 0.5) is 0 Å². The van der Waals surface area contributed by atoms with Crippen LogP contribution in [-0.4, -0.2) is 9.97 Å². The van der Waals surface area contributed by atoms with Crippen LogP contribution in [0.15, 0.2) is 66.7 Å². The maximum Gasteiger partial charge on any atom is 0.125 e. The van der Waals surface area contributed by atoms with Crippen LogP contribution in [0.1, 0.15) is 5.56 Å². The van der Waals surface area contributed by atoms with E-state index in [1.807, 2.05) is 12.1 Å². The number of para-hydroxylation sites is 2. The topological polar surface area (TPSA) is 25.8 Å². The second-order valence-corrected chi connectivity index (χ2v) is 8.08. The Morgan fingerprint density at radius 3 is 1.80 bits per heavy atom. The Labute approximate surface area is 153 Å². The lowest BCUT2D eigenvalue weighted by atomic mass is 10.1. The van der Waals surface area contributed by atoms with Crippen molar-refractivity contribution in [3.63, 3.8) is 0 Å². The van der Waals surface area contributed by atoms with E-state index in [4.69, 9.17) is 9.97 Å². The Hall–Kier alpha value is -2.56. The Kier molecular flexibility index (Phi) is 3.40. The highest BCUT2D eigenvalue weighted by Gasteiger charge is 2.15. The molecule has 0 radical (unpaired) electrons. The first-order valence-corrected chi connectivity index (χ1v) is 9.74. The van der Waals surface area contributed by atoms with Crippen LogP contribution in [0.25, 0.3) is 41.6 Å². The van der Waals surface area contributed by atoms with Gasteiger partial charge in [0.2, 0.25) is 0 Å². The average molecular weight is 358 g/mol. The molecule has 3 aromatic carbocycles. The van der Waals surface area contributed by atoms with Crippen molar-refractivity contribution >= 4 is 43.1 Å². The molecule has 5 aromatic rings. The molecule has 0 aliphatic rings. The molecule has 5 rings (SSSR count). The molecule has 0 amide bonds. The molecule has 0 aliphatic carbocycles. The minimum Gasteiger partial charge on any atom is -0.236 e. The molecule has 0 N–H and O–H groups in total. The van der Waals surface area contributed by atoms with Crippen molar-refractivity contribution in [3.8, 4) is 21.1 Å². The molecular formula is C21H14N2S2. The molecule has 2 heterocycles. The Morgan fingerprint density at radius 2 is 1.20 bits per heavy atom. The molecule has 0 aliphatic heterocycles. The molecule has 2 aromatic heterocycles. The molecule has 0 fully saturated rings. The first-order valence-electron chi connectivity index (χ1n) is 8.10.